The Balaban J connectivity index is 1.89. The Morgan fingerprint density at radius 1 is 0.960 bits per heavy atom. The molecule has 0 amide bonds. The average Bonchev–Trinajstić information content (AvgIpc) is 2.83. The van der Waals surface area contributed by atoms with Crippen LogP contribution in [-0.2, 0) is 5.41 Å². The van der Waals surface area contributed by atoms with Crippen molar-refractivity contribution < 1.29 is 0 Å². The van der Waals surface area contributed by atoms with Crippen LogP contribution >= 0.6 is 0 Å². The zero-order valence-electron chi connectivity index (χ0n) is 16.0. The van der Waals surface area contributed by atoms with Gasteiger partial charge in [0, 0.05) is 30.5 Å². The number of aromatic nitrogens is 2. The molecule has 0 saturated carbocycles. The Morgan fingerprint density at radius 3 is 2.32 bits per heavy atom. The summed E-state index contributed by atoms with van der Waals surface area (Å²) in [4.78, 5) is 11.8. The minimum absolute atomic E-state index is 0.0705. The smallest absolute Gasteiger partial charge is 0.229 e. The maximum Gasteiger partial charge on any atom is 0.229 e. The third-order valence-corrected chi connectivity index (χ3v) is 4.75. The molecule has 2 heterocycles. The lowest BCUT2D eigenvalue weighted by Crippen LogP contribution is -2.25. The minimum Gasteiger partial charge on any atom is -0.356 e. The van der Waals surface area contributed by atoms with Crippen LogP contribution in [0.25, 0.3) is 0 Å². The second-order valence-electron chi connectivity index (χ2n) is 8.01. The van der Waals surface area contributed by atoms with Crippen LogP contribution in [0, 0.1) is 6.92 Å². The fourth-order valence-corrected chi connectivity index (χ4v) is 3.44. The van der Waals surface area contributed by atoms with Crippen molar-refractivity contribution in [3.8, 4) is 0 Å². The molecule has 0 spiro atoms. The van der Waals surface area contributed by atoms with E-state index in [-0.39, 0.29) is 5.41 Å². The van der Waals surface area contributed by atoms with Gasteiger partial charge in [0.15, 0.2) is 0 Å². The lowest BCUT2D eigenvalue weighted by Gasteiger charge is -2.24. The lowest BCUT2D eigenvalue weighted by molar-refractivity contribution is 0.592. The molecule has 0 radical (unpaired) electrons. The zero-order valence-corrected chi connectivity index (χ0v) is 16.0. The molecule has 1 aromatic heterocycles. The highest BCUT2D eigenvalue weighted by molar-refractivity contribution is 5.61. The van der Waals surface area contributed by atoms with Crippen molar-refractivity contribution in [1.82, 2.24) is 9.97 Å². The molecule has 0 aliphatic carbocycles. The van der Waals surface area contributed by atoms with E-state index in [1.165, 1.54) is 31.2 Å². The summed E-state index contributed by atoms with van der Waals surface area (Å²) in [5, 5.41) is 3.47. The average molecular weight is 338 g/mol. The molecule has 1 fully saturated rings. The molecule has 1 saturated heterocycles. The van der Waals surface area contributed by atoms with Gasteiger partial charge in [-0.05, 0) is 36.8 Å². The van der Waals surface area contributed by atoms with Gasteiger partial charge in [0.05, 0.1) is 0 Å². The van der Waals surface area contributed by atoms with Crippen molar-refractivity contribution in [2.24, 2.45) is 0 Å². The molecule has 3 rings (SSSR count). The number of benzene rings is 1. The summed E-state index contributed by atoms with van der Waals surface area (Å²) < 4.78 is 0. The molecule has 25 heavy (non-hydrogen) atoms. The van der Waals surface area contributed by atoms with Crippen LogP contribution in [0.1, 0.15) is 57.7 Å². The number of hydrogen-bond donors (Lipinski definition) is 1. The number of nitrogens with zero attached hydrogens (tertiary/aromatic N) is 3. The summed E-state index contributed by atoms with van der Waals surface area (Å²) in [5.74, 6) is 1.74. The second-order valence-corrected chi connectivity index (χ2v) is 8.01. The molecule has 4 heteroatoms. The molecule has 134 valence electrons. The first-order valence-electron chi connectivity index (χ1n) is 9.41. The van der Waals surface area contributed by atoms with Gasteiger partial charge in [0.1, 0.15) is 5.82 Å². The van der Waals surface area contributed by atoms with Crippen molar-refractivity contribution >= 4 is 17.5 Å². The summed E-state index contributed by atoms with van der Waals surface area (Å²) in [6.45, 7) is 10.9. The molecule has 0 atom stereocenters. The van der Waals surface area contributed by atoms with E-state index >= 15 is 0 Å². The molecular formula is C21H30N4. The second kappa shape index (κ2) is 7.42. The van der Waals surface area contributed by atoms with E-state index < -0.39 is 0 Å². The summed E-state index contributed by atoms with van der Waals surface area (Å²) >= 11 is 0. The third kappa shape index (κ3) is 4.50. The lowest BCUT2D eigenvalue weighted by atomic mass is 9.86. The largest absolute Gasteiger partial charge is 0.356 e. The fourth-order valence-electron chi connectivity index (χ4n) is 3.44. The van der Waals surface area contributed by atoms with Crippen LogP contribution in [0.2, 0.25) is 0 Å². The van der Waals surface area contributed by atoms with Gasteiger partial charge in [0.25, 0.3) is 0 Å². The monoisotopic (exact) mass is 338 g/mol. The van der Waals surface area contributed by atoms with Gasteiger partial charge in [-0.15, -0.1) is 0 Å². The van der Waals surface area contributed by atoms with Crippen LogP contribution in [0.15, 0.2) is 30.3 Å². The third-order valence-electron chi connectivity index (χ3n) is 4.75. The van der Waals surface area contributed by atoms with Crippen molar-refractivity contribution in [3.05, 3.63) is 41.6 Å². The summed E-state index contributed by atoms with van der Waals surface area (Å²) in [6.07, 6.45) is 5.15. The number of nitrogens with one attached hydrogen (secondary N) is 1. The SMILES string of the molecule is Cc1cc(N2CCCCCC2)nc(Nc2ccccc2C(C)(C)C)n1. The van der Waals surface area contributed by atoms with Crippen LogP contribution in [0.5, 0.6) is 0 Å². The van der Waals surface area contributed by atoms with E-state index in [0.29, 0.717) is 5.95 Å². The van der Waals surface area contributed by atoms with Gasteiger partial charge in [-0.2, -0.15) is 4.98 Å². The number of aryl methyl sites for hydroxylation is 1. The Kier molecular flexibility index (Phi) is 5.26. The first kappa shape index (κ1) is 17.7. The van der Waals surface area contributed by atoms with Crippen molar-refractivity contribution in [2.75, 3.05) is 23.3 Å². The van der Waals surface area contributed by atoms with Gasteiger partial charge >= 0.3 is 0 Å². The standard InChI is InChI=1S/C21H30N4/c1-16-15-19(25-13-9-5-6-10-14-25)24-20(22-16)23-18-12-8-7-11-17(18)21(2,3)4/h7-8,11-12,15H,5-6,9-10,13-14H2,1-4H3,(H,22,23,24). The summed E-state index contributed by atoms with van der Waals surface area (Å²) in [7, 11) is 0. The first-order chi connectivity index (χ1) is 11.9. The van der Waals surface area contributed by atoms with Crippen molar-refractivity contribution in [2.45, 2.75) is 58.8 Å². The van der Waals surface area contributed by atoms with Gasteiger partial charge in [-0.1, -0.05) is 51.8 Å². The van der Waals surface area contributed by atoms with Crippen LogP contribution in [0.4, 0.5) is 17.5 Å². The Morgan fingerprint density at radius 2 is 1.64 bits per heavy atom. The van der Waals surface area contributed by atoms with Crippen LogP contribution in [-0.4, -0.2) is 23.1 Å². The molecule has 2 aromatic rings. The highest BCUT2D eigenvalue weighted by Crippen LogP contribution is 2.31. The topological polar surface area (TPSA) is 41.1 Å². The number of anilines is 3. The molecule has 4 nitrogen and oxygen atoms in total. The molecule has 1 N–H and O–H groups in total. The molecule has 1 aliphatic heterocycles. The van der Waals surface area contributed by atoms with E-state index in [4.69, 9.17) is 4.98 Å². The Bertz CT molecular complexity index is 710. The minimum atomic E-state index is 0.0705. The zero-order chi connectivity index (χ0) is 17.9. The molecule has 1 aromatic carbocycles. The van der Waals surface area contributed by atoms with Crippen LogP contribution < -0.4 is 10.2 Å². The van der Waals surface area contributed by atoms with Crippen molar-refractivity contribution in [3.63, 3.8) is 0 Å². The van der Waals surface area contributed by atoms with Gasteiger partial charge in [0.2, 0.25) is 5.95 Å². The predicted molar refractivity (Wildman–Crippen MR) is 106 cm³/mol. The Hall–Kier alpha value is -2.10. The first-order valence-corrected chi connectivity index (χ1v) is 9.41. The van der Waals surface area contributed by atoms with Gasteiger partial charge in [-0.25, -0.2) is 4.98 Å². The molecular weight excluding hydrogens is 308 g/mol. The maximum absolute atomic E-state index is 4.82. The highest BCUT2D eigenvalue weighted by Gasteiger charge is 2.19. The maximum atomic E-state index is 4.82. The fraction of sp³-hybridized carbons (Fsp3) is 0.524. The van der Waals surface area contributed by atoms with E-state index in [1.807, 2.05) is 6.92 Å². The quantitative estimate of drug-likeness (QED) is 0.834. The number of para-hydroxylation sites is 1. The molecule has 0 bridgehead atoms. The van der Waals surface area contributed by atoms with Crippen LogP contribution in [0.3, 0.4) is 0 Å². The Labute approximate surface area is 151 Å². The van der Waals surface area contributed by atoms with Gasteiger partial charge < -0.3 is 10.2 Å². The van der Waals surface area contributed by atoms with Gasteiger partial charge in [-0.3, -0.25) is 0 Å². The molecule has 1 aliphatic rings. The predicted octanol–water partition coefficient (Wildman–Crippen LogP) is 5.21. The number of rotatable bonds is 3. The summed E-state index contributed by atoms with van der Waals surface area (Å²) in [6, 6.07) is 10.5. The van der Waals surface area contributed by atoms with E-state index in [2.05, 4.69) is 66.3 Å². The number of hydrogen-bond acceptors (Lipinski definition) is 4. The van der Waals surface area contributed by atoms with E-state index in [1.54, 1.807) is 0 Å². The summed E-state index contributed by atoms with van der Waals surface area (Å²) in [5.41, 5.74) is 3.44. The molecule has 0 unspecified atom stereocenters. The van der Waals surface area contributed by atoms with Crippen molar-refractivity contribution in [1.29, 1.82) is 0 Å². The van der Waals surface area contributed by atoms with E-state index in [9.17, 15) is 0 Å². The highest BCUT2D eigenvalue weighted by atomic mass is 15.2. The van der Waals surface area contributed by atoms with E-state index in [0.717, 1.165) is 30.3 Å². The normalized spacial score (nSPS) is 15.8.